The third kappa shape index (κ3) is 5.44. The van der Waals surface area contributed by atoms with Crippen LogP contribution in [0.25, 0.3) is 0 Å². The van der Waals surface area contributed by atoms with Gasteiger partial charge in [-0.05, 0) is 36.8 Å². The van der Waals surface area contributed by atoms with Crippen LogP contribution in [0.1, 0.15) is 24.8 Å². The first-order valence-electron chi connectivity index (χ1n) is 6.10. The Hall–Kier alpha value is -0.480. The Balaban J connectivity index is 2.42. The molecule has 0 aromatic heterocycles. The molecule has 0 N–H and O–H groups in total. The molecule has 0 saturated carbocycles. The van der Waals surface area contributed by atoms with Crippen LogP contribution in [0.5, 0.6) is 0 Å². The second-order valence-electron chi connectivity index (χ2n) is 4.24. The molecule has 4 heteroatoms. The molecule has 100 valence electrons. The van der Waals surface area contributed by atoms with Crippen LogP contribution >= 0.6 is 27.7 Å². The molecule has 0 atom stereocenters. The van der Waals surface area contributed by atoms with E-state index in [-0.39, 0.29) is 5.91 Å². The number of carbonyl (C=O) groups excluding carboxylic acids is 1. The van der Waals surface area contributed by atoms with Crippen LogP contribution in [0.3, 0.4) is 0 Å². The molecular formula is C14H20BrNOS. The second kappa shape index (κ2) is 8.59. The zero-order chi connectivity index (χ0) is 13.4. The first kappa shape index (κ1) is 15.6. The van der Waals surface area contributed by atoms with Crippen LogP contribution in [0.4, 0.5) is 0 Å². The molecule has 1 rings (SSSR count). The lowest BCUT2D eigenvalue weighted by Gasteiger charge is -2.17. The van der Waals surface area contributed by atoms with Crippen LogP contribution in [-0.4, -0.2) is 29.4 Å². The zero-order valence-corrected chi connectivity index (χ0v) is 13.4. The Kier molecular flexibility index (Phi) is 7.44. The summed E-state index contributed by atoms with van der Waals surface area (Å²) in [4.78, 5) is 14.9. The van der Waals surface area contributed by atoms with Crippen LogP contribution < -0.4 is 0 Å². The molecule has 0 saturated heterocycles. The van der Waals surface area contributed by atoms with Gasteiger partial charge in [0.1, 0.15) is 0 Å². The molecule has 0 heterocycles. The SMILES string of the molecule is CSc1ccc(CN(C)C(=O)CCCCBr)cc1. The number of halogens is 1. The van der Waals surface area contributed by atoms with Crippen LogP contribution in [0, 0.1) is 0 Å². The van der Waals surface area contributed by atoms with Crippen molar-refractivity contribution in [3.8, 4) is 0 Å². The van der Waals surface area contributed by atoms with E-state index in [0.29, 0.717) is 13.0 Å². The standard InChI is InChI=1S/C14H20BrNOS/c1-16(14(17)5-3-4-10-15)11-12-6-8-13(18-2)9-7-12/h6-9H,3-5,10-11H2,1-2H3. The minimum atomic E-state index is 0.227. The number of nitrogens with zero attached hydrogens (tertiary/aromatic N) is 1. The number of benzene rings is 1. The van der Waals surface area contributed by atoms with Crippen molar-refractivity contribution in [2.75, 3.05) is 18.6 Å². The predicted octanol–water partition coefficient (Wildman–Crippen LogP) is 3.93. The number of rotatable bonds is 7. The topological polar surface area (TPSA) is 20.3 Å². The van der Waals surface area contributed by atoms with E-state index in [0.717, 1.165) is 18.2 Å². The summed E-state index contributed by atoms with van der Waals surface area (Å²) in [7, 11) is 1.87. The van der Waals surface area contributed by atoms with Gasteiger partial charge < -0.3 is 4.90 Å². The number of amides is 1. The number of unbranched alkanes of at least 4 members (excludes halogenated alkanes) is 1. The van der Waals surface area contributed by atoms with Gasteiger partial charge in [-0.3, -0.25) is 4.79 Å². The maximum atomic E-state index is 11.9. The Labute approximate surface area is 122 Å². The molecule has 0 fully saturated rings. The van der Waals surface area contributed by atoms with E-state index in [1.165, 1.54) is 10.5 Å². The highest BCUT2D eigenvalue weighted by Crippen LogP contribution is 2.15. The highest BCUT2D eigenvalue weighted by molar-refractivity contribution is 9.09. The van der Waals surface area contributed by atoms with E-state index in [1.807, 2.05) is 11.9 Å². The lowest BCUT2D eigenvalue weighted by Crippen LogP contribution is -2.25. The summed E-state index contributed by atoms with van der Waals surface area (Å²) in [6.45, 7) is 0.696. The van der Waals surface area contributed by atoms with Crippen molar-refractivity contribution in [2.24, 2.45) is 0 Å². The molecule has 18 heavy (non-hydrogen) atoms. The zero-order valence-electron chi connectivity index (χ0n) is 11.0. The summed E-state index contributed by atoms with van der Waals surface area (Å²) in [5.41, 5.74) is 1.18. The second-order valence-corrected chi connectivity index (χ2v) is 5.92. The van der Waals surface area contributed by atoms with E-state index in [4.69, 9.17) is 0 Å². The molecule has 0 bridgehead atoms. The highest BCUT2D eigenvalue weighted by atomic mass is 79.9. The maximum absolute atomic E-state index is 11.9. The molecule has 0 aliphatic carbocycles. The predicted molar refractivity (Wildman–Crippen MR) is 82.3 cm³/mol. The fourth-order valence-corrected chi connectivity index (χ4v) is 2.46. The Morgan fingerprint density at radius 1 is 1.28 bits per heavy atom. The van der Waals surface area contributed by atoms with E-state index in [1.54, 1.807) is 11.8 Å². The van der Waals surface area contributed by atoms with Gasteiger partial charge in [0.2, 0.25) is 5.91 Å². The first-order valence-corrected chi connectivity index (χ1v) is 8.45. The number of thioether (sulfide) groups is 1. The molecule has 0 unspecified atom stereocenters. The fraction of sp³-hybridized carbons (Fsp3) is 0.500. The molecule has 0 aliphatic rings. The van der Waals surface area contributed by atoms with Gasteiger partial charge in [-0.25, -0.2) is 0 Å². The summed E-state index contributed by atoms with van der Waals surface area (Å²) < 4.78 is 0. The highest BCUT2D eigenvalue weighted by Gasteiger charge is 2.08. The van der Waals surface area contributed by atoms with Gasteiger partial charge in [0.15, 0.2) is 0 Å². The third-order valence-electron chi connectivity index (χ3n) is 2.78. The minimum absolute atomic E-state index is 0.227. The number of carbonyl (C=O) groups is 1. The lowest BCUT2D eigenvalue weighted by atomic mass is 10.2. The summed E-state index contributed by atoms with van der Waals surface area (Å²) in [5, 5.41) is 0.972. The third-order valence-corrected chi connectivity index (χ3v) is 4.08. The molecule has 1 aromatic carbocycles. The van der Waals surface area contributed by atoms with Crippen molar-refractivity contribution in [1.29, 1.82) is 0 Å². The van der Waals surface area contributed by atoms with Gasteiger partial charge in [-0.2, -0.15) is 0 Å². The number of alkyl halides is 1. The van der Waals surface area contributed by atoms with E-state index in [9.17, 15) is 4.79 Å². The molecule has 0 radical (unpaired) electrons. The monoisotopic (exact) mass is 329 g/mol. The van der Waals surface area contributed by atoms with E-state index in [2.05, 4.69) is 46.5 Å². The van der Waals surface area contributed by atoms with Gasteiger partial charge >= 0.3 is 0 Å². The fourth-order valence-electron chi connectivity index (χ4n) is 1.65. The Morgan fingerprint density at radius 3 is 2.50 bits per heavy atom. The van der Waals surface area contributed by atoms with Gasteiger partial charge in [0.05, 0.1) is 0 Å². The summed E-state index contributed by atoms with van der Waals surface area (Å²) in [5.74, 6) is 0.227. The van der Waals surface area contributed by atoms with Crippen LogP contribution in [-0.2, 0) is 11.3 Å². The molecular weight excluding hydrogens is 310 g/mol. The van der Waals surface area contributed by atoms with Crippen LogP contribution in [0.2, 0.25) is 0 Å². The van der Waals surface area contributed by atoms with Crippen molar-refractivity contribution >= 4 is 33.6 Å². The van der Waals surface area contributed by atoms with E-state index < -0.39 is 0 Å². The average molecular weight is 330 g/mol. The van der Waals surface area contributed by atoms with Crippen molar-refractivity contribution in [3.63, 3.8) is 0 Å². The Bertz CT molecular complexity index is 367. The molecule has 0 spiro atoms. The summed E-state index contributed by atoms with van der Waals surface area (Å²) in [6.07, 6.45) is 4.72. The van der Waals surface area contributed by atoms with Crippen molar-refractivity contribution < 1.29 is 4.79 Å². The van der Waals surface area contributed by atoms with Crippen molar-refractivity contribution in [1.82, 2.24) is 4.90 Å². The molecule has 0 aliphatic heterocycles. The quantitative estimate of drug-likeness (QED) is 0.429. The normalized spacial score (nSPS) is 10.4. The van der Waals surface area contributed by atoms with Crippen molar-refractivity contribution in [3.05, 3.63) is 29.8 Å². The van der Waals surface area contributed by atoms with Crippen LogP contribution in [0.15, 0.2) is 29.2 Å². The van der Waals surface area contributed by atoms with Gasteiger partial charge in [0.25, 0.3) is 0 Å². The maximum Gasteiger partial charge on any atom is 0.222 e. The van der Waals surface area contributed by atoms with Crippen molar-refractivity contribution in [2.45, 2.75) is 30.7 Å². The average Bonchev–Trinajstić information content (AvgIpc) is 2.39. The minimum Gasteiger partial charge on any atom is -0.341 e. The molecule has 2 nitrogen and oxygen atoms in total. The summed E-state index contributed by atoms with van der Waals surface area (Å²) >= 11 is 5.11. The molecule has 1 amide bonds. The largest absolute Gasteiger partial charge is 0.341 e. The van der Waals surface area contributed by atoms with Gasteiger partial charge in [-0.1, -0.05) is 28.1 Å². The summed E-state index contributed by atoms with van der Waals surface area (Å²) in [6, 6.07) is 8.38. The lowest BCUT2D eigenvalue weighted by molar-refractivity contribution is -0.130. The molecule has 1 aromatic rings. The number of hydrogen-bond donors (Lipinski definition) is 0. The number of hydrogen-bond acceptors (Lipinski definition) is 2. The van der Waals surface area contributed by atoms with E-state index >= 15 is 0 Å². The van der Waals surface area contributed by atoms with Gasteiger partial charge in [0, 0.05) is 30.2 Å². The van der Waals surface area contributed by atoms with Gasteiger partial charge in [-0.15, -0.1) is 11.8 Å². The first-order chi connectivity index (χ1) is 8.67. The smallest absolute Gasteiger partial charge is 0.222 e. The Morgan fingerprint density at radius 2 is 1.94 bits per heavy atom.